The Morgan fingerprint density at radius 1 is 1.17 bits per heavy atom. The van der Waals surface area contributed by atoms with Crippen LogP contribution in [0.1, 0.15) is 38.5 Å². The average Bonchev–Trinajstić information content (AvgIpc) is 3.11. The van der Waals surface area contributed by atoms with Gasteiger partial charge in [0.1, 0.15) is 11.1 Å². The number of halogens is 1. The predicted octanol–water partition coefficient (Wildman–Crippen LogP) is 1.52. The molecule has 3 heterocycles. The first-order chi connectivity index (χ1) is 14.0. The lowest BCUT2D eigenvalue weighted by Crippen LogP contribution is -2.49. The third-order valence-electron chi connectivity index (χ3n) is 6.12. The highest BCUT2D eigenvalue weighted by Crippen LogP contribution is 2.29. The van der Waals surface area contributed by atoms with Gasteiger partial charge >= 0.3 is 6.09 Å². The predicted molar refractivity (Wildman–Crippen MR) is 107 cm³/mol. The van der Waals surface area contributed by atoms with Crippen LogP contribution in [0, 0.1) is 5.92 Å². The van der Waals surface area contributed by atoms with Crippen molar-refractivity contribution in [2.45, 2.75) is 50.7 Å². The number of amides is 2. The Kier molecular flexibility index (Phi) is 5.94. The number of alkyl carbamates (subject to hydrolysis) is 1. The first-order valence-electron chi connectivity index (χ1n) is 10.3. The van der Waals surface area contributed by atoms with Crippen LogP contribution in [-0.2, 0) is 9.53 Å². The molecule has 1 aliphatic carbocycles. The fraction of sp³-hybridized carbons (Fsp3) is 0.684. The average molecular weight is 424 g/mol. The van der Waals surface area contributed by atoms with Crippen molar-refractivity contribution in [3.8, 4) is 0 Å². The molecule has 158 valence electrons. The van der Waals surface area contributed by atoms with Crippen molar-refractivity contribution in [1.82, 2.24) is 20.4 Å². The van der Waals surface area contributed by atoms with Crippen LogP contribution in [0.25, 0.3) is 0 Å². The second kappa shape index (κ2) is 8.61. The summed E-state index contributed by atoms with van der Waals surface area (Å²) in [6.45, 7) is 2.47. The molecule has 9 nitrogen and oxygen atoms in total. The molecule has 1 atom stereocenters. The first-order valence-corrected chi connectivity index (χ1v) is 10.6. The topological polar surface area (TPSA) is 108 Å². The molecule has 1 aromatic heterocycles. The van der Waals surface area contributed by atoms with E-state index >= 15 is 0 Å². The minimum atomic E-state index is -0.437. The van der Waals surface area contributed by atoms with Gasteiger partial charge in [0.15, 0.2) is 0 Å². The van der Waals surface area contributed by atoms with E-state index in [4.69, 9.17) is 16.3 Å². The molecule has 2 aliphatic heterocycles. The maximum absolute atomic E-state index is 12.3. The van der Waals surface area contributed by atoms with Crippen LogP contribution in [0.15, 0.2) is 11.0 Å². The molecule has 0 unspecified atom stereocenters. The van der Waals surface area contributed by atoms with Crippen molar-refractivity contribution in [3.63, 3.8) is 0 Å². The van der Waals surface area contributed by atoms with Gasteiger partial charge in [-0.3, -0.25) is 9.59 Å². The molecular formula is C19H26ClN5O4. The zero-order valence-electron chi connectivity index (χ0n) is 16.2. The molecule has 0 spiro atoms. The molecule has 0 bridgehead atoms. The molecule has 29 heavy (non-hydrogen) atoms. The Balaban J connectivity index is 1.21. The van der Waals surface area contributed by atoms with E-state index < -0.39 is 11.7 Å². The number of piperidine rings is 1. The van der Waals surface area contributed by atoms with Gasteiger partial charge in [0.25, 0.3) is 5.56 Å². The minimum Gasteiger partial charge on any atom is -0.444 e. The minimum absolute atomic E-state index is 0.0248. The highest BCUT2D eigenvalue weighted by Gasteiger charge is 2.33. The van der Waals surface area contributed by atoms with Crippen molar-refractivity contribution in [1.29, 1.82) is 0 Å². The Bertz CT molecular complexity index is 819. The summed E-state index contributed by atoms with van der Waals surface area (Å²) in [5, 5.41) is 9.09. The summed E-state index contributed by atoms with van der Waals surface area (Å²) in [7, 11) is 0. The zero-order chi connectivity index (χ0) is 20.4. The van der Waals surface area contributed by atoms with E-state index in [9.17, 15) is 14.4 Å². The molecular weight excluding hydrogens is 398 g/mol. The summed E-state index contributed by atoms with van der Waals surface area (Å²) < 4.78 is 5.55. The fourth-order valence-corrected chi connectivity index (χ4v) is 4.36. The number of rotatable bonds is 4. The monoisotopic (exact) mass is 423 g/mol. The standard InChI is InChI=1S/C19H26ClN5O4/c20-16-15(10-21-23-17(16)26)25-9-6-14(11-25)29-19(28)22-13-4-7-24(8-5-13)18(27)12-2-1-3-12/h10,12-14H,1-9,11H2,(H,22,28)(H,23,26)/t14-/m1/s1. The van der Waals surface area contributed by atoms with E-state index in [1.165, 1.54) is 6.20 Å². The summed E-state index contributed by atoms with van der Waals surface area (Å²) in [6.07, 6.45) is 6.14. The zero-order valence-corrected chi connectivity index (χ0v) is 17.0. The summed E-state index contributed by atoms with van der Waals surface area (Å²) in [6, 6.07) is 0.0248. The van der Waals surface area contributed by atoms with E-state index in [1.54, 1.807) is 0 Å². The Morgan fingerprint density at radius 2 is 1.93 bits per heavy atom. The Morgan fingerprint density at radius 3 is 2.62 bits per heavy atom. The number of anilines is 1. The first kappa shape index (κ1) is 20.0. The van der Waals surface area contributed by atoms with Crippen LogP contribution < -0.4 is 15.8 Å². The van der Waals surface area contributed by atoms with Gasteiger partial charge in [-0.1, -0.05) is 18.0 Å². The van der Waals surface area contributed by atoms with Gasteiger partial charge in [0.2, 0.25) is 5.91 Å². The largest absolute Gasteiger partial charge is 0.444 e. The van der Waals surface area contributed by atoms with Crippen molar-refractivity contribution < 1.29 is 14.3 Å². The van der Waals surface area contributed by atoms with Crippen LogP contribution in [0.4, 0.5) is 10.5 Å². The molecule has 10 heteroatoms. The van der Waals surface area contributed by atoms with Crippen molar-refractivity contribution >= 4 is 29.3 Å². The van der Waals surface area contributed by atoms with Gasteiger partial charge in [-0.05, 0) is 25.7 Å². The number of nitrogens with one attached hydrogen (secondary N) is 2. The maximum atomic E-state index is 12.3. The Labute approximate surface area is 173 Å². The lowest BCUT2D eigenvalue weighted by molar-refractivity contribution is -0.139. The Hall–Kier alpha value is -2.29. The molecule has 1 saturated carbocycles. The molecule has 1 aromatic rings. The molecule has 4 rings (SSSR count). The highest BCUT2D eigenvalue weighted by molar-refractivity contribution is 6.33. The fourth-order valence-electron chi connectivity index (χ4n) is 4.15. The molecule has 0 aromatic carbocycles. The number of hydrogen-bond donors (Lipinski definition) is 2. The summed E-state index contributed by atoms with van der Waals surface area (Å²) in [5.41, 5.74) is 0.110. The summed E-state index contributed by atoms with van der Waals surface area (Å²) in [5.74, 6) is 0.495. The number of H-pyrrole nitrogens is 1. The van der Waals surface area contributed by atoms with Crippen LogP contribution in [0.2, 0.25) is 5.02 Å². The van der Waals surface area contributed by atoms with Crippen LogP contribution in [-0.4, -0.2) is 65.4 Å². The number of nitrogens with zero attached hydrogens (tertiary/aromatic N) is 3. The second-order valence-corrected chi connectivity index (χ2v) is 8.41. The van der Waals surface area contributed by atoms with Crippen molar-refractivity contribution in [2.75, 3.05) is 31.1 Å². The van der Waals surface area contributed by atoms with Gasteiger partial charge in [-0.2, -0.15) is 5.10 Å². The second-order valence-electron chi connectivity index (χ2n) is 8.03. The number of carbonyl (C=O) groups is 2. The van der Waals surface area contributed by atoms with Gasteiger partial charge in [-0.25, -0.2) is 9.89 Å². The molecule has 3 aliphatic rings. The lowest BCUT2D eigenvalue weighted by atomic mass is 9.84. The molecule has 2 saturated heterocycles. The molecule has 2 amide bonds. The molecule has 0 radical (unpaired) electrons. The number of aromatic amines is 1. The summed E-state index contributed by atoms with van der Waals surface area (Å²) in [4.78, 5) is 40.0. The van der Waals surface area contributed by atoms with E-state index in [-0.39, 0.29) is 29.0 Å². The molecule has 2 N–H and O–H groups in total. The molecule has 3 fully saturated rings. The number of carbonyl (C=O) groups excluding carboxylic acids is 2. The van der Waals surface area contributed by atoms with E-state index in [0.29, 0.717) is 38.3 Å². The number of likely N-dealkylation sites (tertiary alicyclic amines) is 1. The normalized spacial score (nSPS) is 23.0. The number of ether oxygens (including phenoxy) is 1. The number of hydrogen-bond acceptors (Lipinski definition) is 6. The van der Waals surface area contributed by atoms with Crippen molar-refractivity contribution in [2.24, 2.45) is 5.92 Å². The summed E-state index contributed by atoms with van der Waals surface area (Å²) >= 11 is 6.05. The van der Waals surface area contributed by atoms with E-state index in [0.717, 1.165) is 32.1 Å². The van der Waals surface area contributed by atoms with E-state index in [1.807, 2.05) is 9.80 Å². The van der Waals surface area contributed by atoms with Crippen LogP contribution in [0.3, 0.4) is 0 Å². The van der Waals surface area contributed by atoms with Gasteiger partial charge in [0.05, 0.1) is 18.4 Å². The number of aromatic nitrogens is 2. The van der Waals surface area contributed by atoms with Crippen molar-refractivity contribution in [3.05, 3.63) is 21.6 Å². The third-order valence-corrected chi connectivity index (χ3v) is 6.48. The van der Waals surface area contributed by atoms with Crippen LogP contribution >= 0.6 is 11.6 Å². The van der Waals surface area contributed by atoms with Gasteiger partial charge < -0.3 is 19.9 Å². The maximum Gasteiger partial charge on any atom is 0.407 e. The van der Waals surface area contributed by atoms with E-state index in [2.05, 4.69) is 15.5 Å². The lowest BCUT2D eigenvalue weighted by Gasteiger charge is -2.36. The quantitative estimate of drug-likeness (QED) is 0.760. The van der Waals surface area contributed by atoms with Gasteiger partial charge in [0, 0.05) is 38.0 Å². The van der Waals surface area contributed by atoms with Gasteiger partial charge in [-0.15, -0.1) is 0 Å². The third kappa shape index (κ3) is 4.49. The smallest absolute Gasteiger partial charge is 0.407 e. The highest BCUT2D eigenvalue weighted by atomic mass is 35.5. The van der Waals surface area contributed by atoms with Crippen LogP contribution in [0.5, 0.6) is 0 Å². The SMILES string of the molecule is O=C(NC1CCN(C(=O)C2CCC2)CC1)O[C@@H]1CCN(c2cn[nH]c(=O)c2Cl)C1.